The SMILES string of the molecule is C[C@@]1(c2cccc(-c3cc(Cl)cnc3F)c2)CCSC(N)=N1. The lowest BCUT2D eigenvalue weighted by atomic mass is 9.88. The van der Waals surface area contributed by atoms with Gasteiger partial charge in [-0.2, -0.15) is 4.39 Å². The summed E-state index contributed by atoms with van der Waals surface area (Å²) in [5, 5.41) is 0.999. The van der Waals surface area contributed by atoms with Crippen LogP contribution in [-0.4, -0.2) is 15.9 Å². The lowest BCUT2D eigenvalue weighted by Crippen LogP contribution is -2.28. The number of pyridine rings is 1. The largest absolute Gasteiger partial charge is 0.379 e. The number of hydrogen-bond donors (Lipinski definition) is 1. The van der Waals surface area contributed by atoms with Crippen LogP contribution >= 0.6 is 23.4 Å². The van der Waals surface area contributed by atoms with Crippen molar-refractivity contribution in [3.63, 3.8) is 0 Å². The monoisotopic (exact) mass is 335 g/mol. The van der Waals surface area contributed by atoms with Crippen molar-refractivity contribution in [1.82, 2.24) is 4.98 Å². The maximum atomic E-state index is 14.0. The van der Waals surface area contributed by atoms with Gasteiger partial charge in [0, 0.05) is 17.5 Å². The van der Waals surface area contributed by atoms with Gasteiger partial charge in [0.25, 0.3) is 0 Å². The molecule has 0 saturated carbocycles. The molecule has 1 atom stereocenters. The Labute approximate surface area is 137 Å². The minimum Gasteiger partial charge on any atom is -0.379 e. The van der Waals surface area contributed by atoms with E-state index in [0.29, 0.717) is 15.8 Å². The second kappa shape index (κ2) is 5.89. The highest BCUT2D eigenvalue weighted by molar-refractivity contribution is 8.13. The third-order valence-corrected chi connectivity index (χ3v) is 4.80. The summed E-state index contributed by atoms with van der Waals surface area (Å²) >= 11 is 7.49. The summed E-state index contributed by atoms with van der Waals surface area (Å²) in [7, 11) is 0. The molecule has 2 aromatic rings. The minimum atomic E-state index is -0.533. The number of nitrogens with two attached hydrogens (primary N) is 1. The van der Waals surface area contributed by atoms with Gasteiger partial charge < -0.3 is 5.73 Å². The fourth-order valence-corrected chi connectivity index (χ4v) is 3.67. The maximum absolute atomic E-state index is 14.0. The lowest BCUT2D eigenvalue weighted by molar-refractivity contribution is 0.482. The number of nitrogens with zero attached hydrogens (tertiary/aromatic N) is 2. The number of aromatic nitrogens is 1. The van der Waals surface area contributed by atoms with Gasteiger partial charge in [-0.3, -0.25) is 4.99 Å². The minimum absolute atomic E-state index is 0.381. The van der Waals surface area contributed by atoms with Gasteiger partial charge >= 0.3 is 0 Å². The van der Waals surface area contributed by atoms with E-state index in [0.717, 1.165) is 23.3 Å². The topological polar surface area (TPSA) is 51.3 Å². The van der Waals surface area contributed by atoms with E-state index in [-0.39, 0.29) is 5.54 Å². The van der Waals surface area contributed by atoms with Gasteiger partial charge in [0.05, 0.1) is 10.6 Å². The third-order valence-electron chi connectivity index (χ3n) is 3.80. The first kappa shape index (κ1) is 15.3. The molecular weight excluding hydrogens is 321 g/mol. The van der Waals surface area contributed by atoms with Crippen molar-refractivity contribution in [3.05, 3.63) is 53.1 Å². The van der Waals surface area contributed by atoms with Crippen molar-refractivity contribution >= 4 is 28.5 Å². The van der Waals surface area contributed by atoms with E-state index < -0.39 is 5.95 Å². The number of amidine groups is 1. The summed E-state index contributed by atoms with van der Waals surface area (Å²) in [6, 6.07) is 9.24. The Morgan fingerprint density at radius 2 is 2.18 bits per heavy atom. The molecule has 0 saturated heterocycles. The van der Waals surface area contributed by atoms with E-state index in [1.54, 1.807) is 17.8 Å². The molecule has 0 amide bonds. The Morgan fingerprint density at radius 3 is 2.95 bits per heavy atom. The molecule has 0 unspecified atom stereocenters. The highest BCUT2D eigenvalue weighted by atomic mass is 35.5. The van der Waals surface area contributed by atoms with Crippen molar-refractivity contribution in [2.24, 2.45) is 10.7 Å². The molecule has 0 radical (unpaired) electrons. The molecule has 114 valence electrons. The Bertz CT molecular complexity index is 750. The summed E-state index contributed by atoms with van der Waals surface area (Å²) < 4.78 is 14.0. The fourth-order valence-electron chi connectivity index (χ4n) is 2.54. The molecule has 2 heterocycles. The standard InChI is InChI=1S/C16H15ClFN3S/c1-16(5-6-22-15(19)21-16)11-4-2-3-10(7-11)13-8-12(17)9-20-14(13)18/h2-4,7-9H,5-6H2,1H3,(H2,19,21)/t16-/m0/s1. The molecule has 3 nitrogen and oxygen atoms in total. The van der Waals surface area contributed by atoms with E-state index in [9.17, 15) is 4.39 Å². The molecule has 2 N–H and O–H groups in total. The van der Waals surface area contributed by atoms with Gasteiger partial charge in [-0.05, 0) is 36.6 Å². The molecule has 0 aliphatic carbocycles. The quantitative estimate of drug-likeness (QED) is 0.836. The summed E-state index contributed by atoms with van der Waals surface area (Å²) in [5.74, 6) is 0.386. The molecule has 1 aliphatic rings. The third kappa shape index (κ3) is 2.96. The van der Waals surface area contributed by atoms with Crippen LogP contribution in [0.15, 0.2) is 41.5 Å². The van der Waals surface area contributed by atoms with Crippen LogP contribution in [0.25, 0.3) is 11.1 Å². The van der Waals surface area contributed by atoms with Crippen LogP contribution in [0.5, 0.6) is 0 Å². The number of rotatable bonds is 2. The molecule has 0 bridgehead atoms. The van der Waals surface area contributed by atoms with Gasteiger partial charge in [0.15, 0.2) is 5.17 Å². The first-order valence-electron chi connectivity index (χ1n) is 6.88. The summed E-state index contributed by atoms with van der Waals surface area (Å²) in [4.78, 5) is 8.26. The Morgan fingerprint density at radius 1 is 1.36 bits per heavy atom. The Hall–Kier alpha value is -1.59. The van der Waals surface area contributed by atoms with Crippen LogP contribution < -0.4 is 5.73 Å². The number of thioether (sulfide) groups is 1. The lowest BCUT2D eigenvalue weighted by Gasteiger charge is -2.30. The van der Waals surface area contributed by atoms with E-state index in [1.807, 2.05) is 31.2 Å². The molecule has 1 aliphatic heterocycles. The van der Waals surface area contributed by atoms with Crippen molar-refractivity contribution in [3.8, 4) is 11.1 Å². The number of benzene rings is 1. The summed E-state index contributed by atoms with van der Waals surface area (Å²) in [5.41, 5.74) is 7.62. The normalized spacial score (nSPS) is 21.5. The molecule has 0 spiro atoms. The number of hydrogen-bond acceptors (Lipinski definition) is 4. The Balaban J connectivity index is 2.07. The summed E-state index contributed by atoms with van der Waals surface area (Å²) in [6.45, 7) is 2.05. The fraction of sp³-hybridized carbons (Fsp3) is 0.250. The molecular formula is C16H15ClFN3S. The van der Waals surface area contributed by atoms with E-state index in [2.05, 4.69) is 9.98 Å². The molecule has 22 heavy (non-hydrogen) atoms. The zero-order valence-electron chi connectivity index (χ0n) is 12.0. The van der Waals surface area contributed by atoms with Crippen LogP contribution in [-0.2, 0) is 5.54 Å². The summed E-state index contributed by atoms with van der Waals surface area (Å²) in [6.07, 6.45) is 2.19. The van der Waals surface area contributed by atoms with Crippen LogP contribution in [0.2, 0.25) is 5.02 Å². The van der Waals surface area contributed by atoms with Crippen molar-refractivity contribution in [2.45, 2.75) is 18.9 Å². The maximum Gasteiger partial charge on any atom is 0.220 e. The van der Waals surface area contributed by atoms with Crippen LogP contribution in [0.4, 0.5) is 4.39 Å². The average Bonchev–Trinajstić information content (AvgIpc) is 2.50. The zero-order chi connectivity index (χ0) is 15.7. The second-order valence-corrected chi connectivity index (χ2v) is 6.95. The van der Waals surface area contributed by atoms with Crippen LogP contribution in [0, 0.1) is 5.95 Å². The molecule has 1 aromatic heterocycles. The van der Waals surface area contributed by atoms with E-state index in [1.165, 1.54) is 6.20 Å². The van der Waals surface area contributed by atoms with Gasteiger partial charge in [-0.25, -0.2) is 4.98 Å². The predicted molar refractivity (Wildman–Crippen MR) is 90.7 cm³/mol. The van der Waals surface area contributed by atoms with Crippen LogP contribution in [0.1, 0.15) is 18.9 Å². The van der Waals surface area contributed by atoms with Gasteiger partial charge in [0.1, 0.15) is 0 Å². The molecule has 6 heteroatoms. The average molecular weight is 336 g/mol. The smallest absolute Gasteiger partial charge is 0.220 e. The molecule has 3 rings (SSSR count). The van der Waals surface area contributed by atoms with Gasteiger partial charge in [0.2, 0.25) is 5.95 Å². The van der Waals surface area contributed by atoms with Crippen LogP contribution in [0.3, 0.4) is 0 Å². The van der Waals surface area contributed by atoms with Gasteiger partial charge in [-0.1, -0.05) is 41.6 Å². The Kier molecular flexibility index (Phi) is 4.10. The zero-order valence-corrected chi connectivity index (χ0v) is 13.6. The first-order valence-corrected chi connectivity index (χ1v) is 8.24. The second-order valence-electron chi connectivity index (χ2n) is 5.40. The molecule has 0 fully saturated rings. The van der Waals surface area contributed by atoms with E-state index in [4.69, 9.17) is 17.3 Å². The highest BCUT2D eigenvalue weighted by Crippen LogP contribution is 2.37. The van der Waals surface area contributed by atoms with E-state index >= 15 is 0 Å². The van der Waals surface area contributed by atoms with Crippen molar-refractivity contribution < 1.29 is 4.39 Å². The molecule has 1 aromatic carbocycles. The van der Waals surface area contributed by atoms with Crippen molar-refractivity contribution in [2.75, 3.05) is 5.75 Å². The highest BCUT2D eigenvalue weighted by Gasteiger charge is 2.29. The first-order chi connectivity index (χ1) is 10.5. The number of halogens is 2. The van der Waals surface area contributed by atoms with Gasteiger partial charge in [-0.15, -0.1) is 0 Å². The predicted octanol–water partition coefficient (Wildman–Crippen LogP) is 4.21. The van der Waals surface area contributed by atoms with Crippen molar-refractivity contribution in [1.29, 1.82) is 0 Å². The number of aliphatic imine (C=N–C) groups is 1.